The van der Waals surface area contributed by atoms with Crippen molar-refractivity contribution < 1.29 is 32.2 Å². The molecule has 2 heterocycles. The van der Waals surface area contributed by atoms with Crippen LogP contribution < -0.4 is 20.7 Å². The quantitative estimate of drug-likeness (QED) is 0.132. The molecular weight excluding hydrogens is 592 g/mol. The summed E-state index contributed by atoms with van der Waals surface area (Å²) in [6.07, 6.45) is -1.08. The normalized spacial score (nSPS) is 12.1. The lowest BCUT2D eigenvalue weighted by atomic mass is 10.1. The van der Waals surface area contributed by atoms with E-state index in [1.807, 2.05) is 0 Å². The number of ether oxygens (including phenoxy) is 1. The zero-order chi connectivity index (χ0) is 27.9. The molecular formula is C23H24BrF3N6O4P. The molecule has 38 heavy (non-hydrogen) atoms. The minimum atomic E-state index is -4.78. The fourth-order valence-electron chi connectivity index (χ4n) is 3.31. The van der Waals surface area contributed by atoms with Gasteiger partial charge in [-0.1, -0.05) is 6.07 Å². The molecule has 0 saturated heterocycles. The maximum Gasteiger partial charge on any atom is 0.421 e. The van der Waals surface area contributed by atoms with Gasteiger partial charge in [-0.2, -0.15) is 18.2 Å². The highest BCUT2D eigenvalue weighted by molar-refractivity contribution is 9.10. The molecule has 0 bridgehead atoms. The van der Waals surface area contributed by atoms with Gasteiger partial charge in [-0.05, 0) is 65.0 Å². The summed E-state index contributed by atoms with van der Waals surface area (Å²) in [7, 11) is 0.270. The number of unbranched alkanes of at least 4 members (excludes halogenated alkanes) is 1. The van der Waals surface area contributed by atoms with Gasteiger partial charge in [-0.15, -0.1) is 0 Å². The molecule has 15 heteroatoms. The Morgan fingerprint density at radius 1 is 1.18 bits per heavy atom. The van der Waals surface area contributed by atoms with Crippen molar-refractivity contribution in [3.63, 3.8) is 0 Å². The van der Waals surface area contributed by atoms with Crippen LogP contribution in [0.4, 0.5) is 36.3 Å². The lowest BCUT2D eigenvalue weighted by Crippen LogP contribution is -2.21. The highest BCUT2D eigenvalue weighted by Crippen LogP contribution is 2.36. The fourth-order valence-corrected chi connectivity index (χ4v) is 4.07. The molecule has 4 N–H and O–H groups in total. The molecule has 1 atom stereocenters. The van der Waals surface area contributed by atoms with E-state index in [9.17, 15) is 22.5 Å². The lowest BCUT2D eigenvalue weighted by molar-refractivity contribution is -0.137. The van der Waals surface area contributed by atoms with Crippen molar-refractivity contribution in [3.8, 4) is 5.75 Å². The van der Waals surface area contributed by atoms with Gasteiger partial charge >= 0.3 is 6.18 Å². The number of methoxy groups -OCH3 is 1. The van der Waals surface area contributed by atoms with Gasteiger partial charge in [0.1, 0.15) is 21.7 Å². The first-order valence-electron chi connectivity index (χ1n) is 11.1. The SMILES string of the molecule is CNC(=O)c1nc(Br)ccc1Nc1nc(Nc2ccc(CC[CH]C[PH](=O)O)cc2OC)ncc1C(F)(F)F. The molecule has 1 unspecified atom stereocenters. The smallest absolute Gasteiger partial charge is 0.421 e. The Morgan fingerprint density at radius 2 is 1.92 bits per heavy atom. The molecule has 0 saturated carbocycles. The molecule has 3 aromatic rings. The largest absolute Gasteiger partial charge is 0.495 e. The lowest BCUT2D eigenvalue weighted by Gasteiger charge is -2.17. The van der Waals surface area contributed by atoms with Gasteiger partial charge in [-0.25, -0.2) is 9.97 Å². The maximum atomic E-state index is 13.7. The van der Waals surface area contributed by atoms with Crippen LogP contribution in [0.1, 0.15) is 28.0 Å². The number of pyridine rings is 1. The topological polar surface area (TPSA) is 138 Å². The standard InChI is InChI=1S/C23H24BrF3N6O4P/c1-28-21(34)19-16(8-9-18(24)32-19)30-20-14(23(25,26)27)12-29-22(33-20)31-15-7-6-13(11-17(15)37-2)5-3-4-10-38(35)36/h4,6-9,11-12,38H,3,5,10H2,1-2H3,(H,28,34)(H,35,36)(H2,29,30,31,33). The van der Waals surface area contributed by atoms with E-state index >= 15 is 0 Å². The zero-order valence-corrected chi connectivity index (χ0v) is 22.8. The van der Waals surface area contributed by atoms with Crippen molar-refractivity contribution >= 4 is 53.0 Å². The zero-order valence-electron chi connectivity index (χ0n) is 20.2. The molecule has 0 spiro atoms. The molecule has 3 rings (SSSR count). The molecule has 1 radical (unpaired) electrons. The van der Waals surface area contributed by atoms with Crippen LogP contribution in [0, 0.1) is 6.42 Å². The van der Waals surface area contributed by atoms with Gasteiger partial charge in [0.2, 0.25) is 5.95 Å². The van der Waals surface area contributed by atoms with Crippen LogP contribution >= 0.6 is 24.0 Å². The minimum Gasteiger partial charge on any atom is -0.495 e. The second kappa shape index (κ2) is 13.0. The van der Waals surface area contributed by atoms with E-state index in [1.54, 1.807) is 24.6 Å². The average Bonchev–Trinajstić information content (AvgIpc) is 2.87. The molecule has 10 nitrogen and oxygen atoms in total. The number of alkyl halides is 3. The number of carbonyl (C=O) groups excluding carboxylic acids is 1. The molecule has 1 amide bonds. The number of carbonyl (C=O) groups is 1. The summed E-state index contributed by atoms with van der Waals surface area (Å²) in [4.78, 5) is 33.0. The Hall–Kier alpha value is -3.22. The van der Waals surface area contributed by atoms with Crippen LogP contribution in [0.15, 0.2) is 41.1 Å². The van der Waals surface area contributed by atoms with E-state index in [0.29, 0.717) is 35.1 Å². The Balaban J connectivity index is 1.90. The van der Waals surface area contributed by atoms with Crippen LogP contribution in [0.3, 0.4) is 0 Å². The molecule has 0 fully saturated rings. The summed E-state index contributed by atoms with van der Waals surface area (Å²) in [6, 6.07) is 8.06. The number of nitrogens with one attached hydrogen (secondary N) is 3. The van der Waals surface area contributed by atoms with E-state index in [1.165, 1.54) is 26.3 Å². The van der Waals surface area contributed by atoms with Gasteiger partial charge in [0.15, 0.2) is 13.7 Å². The van der Waals surface area contributed by atoms with Gasteiger partial charge in [0.05, 0.1) is 18.5 Å². The summed E-state index contributed by atoms with van der Waals surface area (Å²) in [6.45, 7) is 0. The molecule has 1 aromatic carbocycles. The first-order valence-corrected chi connectivity index (χ1v) is 13.4. The Labute approximate surface area is 225 Å². The van der Waals surface area contributed by atoms with Crippen LogP contribution in [-0.4, -0.2) is 46.1 Å². The van der Waals surface area contributed by atoms with E-state index < -0.39 is 31.5 Å². The first-order chi connectivity index (χ1) is 18.0. The summed E-state index contributed by atoms with van der Waals surface area (Å²) in [5, 5.41) is 7.82. The number of anilines is 4. The number of hydrogen-bond acceptors (Lipinski definition) is 8. The first kappa shape index (κ1) is 29.3. The molecule has 2 aromatic heterocycles. The minimum absolute atomic E-state index is 0.00731. The number of hydrogen-bond donors (Lipinski definition) is 4. The number of benzene rings is 1. The summed E-state index contributed by atoms with van der Waals surface area (Å²) in [5.74, 6) is -0.948. The highest BCUT2D eigenvalue weighted by atomic mass is 79.9. The van der Waals surface area contributed by atoms with E-state index in [2.05, 4.69) is 46.8 Å². The summed E-state index contributed by atoms with van der Waals surface area (Å²) in [5.41, 5.74) is 0.0268. The van der Waals surface area contributed by atoms with Crippen molar-refractivity contribution in [1.82, 2.24) is 20.3 Å². The van der Waals surface area contributed by atoms with E-state index in [4.69, 9.17) is 9.63 Å². The highest BCUT2D eigenvalue weighted by Gasteiger charge is 2.36. The van der Waals surface area contributed by atoms with Crippen LogP contribution in [0.5, 0.6) is 5.75 Å². The van der Waals surface area contributed by atoms with Crippen LogP contribution in [-0.2, 0) is 17.2 Å². The van der Waals surface area contributed by atoms with E-state index in [-0.39, 0.29) is 23.5 Å². The third kappa shape index (κ3) is 7.89. The summed E-state index contributed by atoms with van der Waals surface area (Å²) < 4.78 is 57.8. The number of aryl methyl sites for hydroxylation is 1. The molecule has 0 aliphatic rings. The second-order valence-electron chi connectivity index (χ2n) is 7.77. The van der Waals surface area contributed by atoms with Gasteiger partial charge in [-0.3, -0.25) is 9.36 Å². The number of rotatable bonds is 11. The van der Waals surface area contributed by atoms with Gasteiger partial charge in [0, 0.05) is 19.4 Å². The fraction of sp³-hybridized carbons (Fsp3) is 0.261. The van der Waals surface area contributed by atoms with Gasteiger partial charge in [0.25, 0.3) is 5.91 Å². The van der Waals surface area contributed by atoms with Gasteiger partial charge < -0.3 is 25.6 Å². The monoisotopic (exact) mass is 615 g/mol. The Morgan fingerprint density at radius 3 is 2.58 bits per heavy atom. The number of amides is 1. The third-order valence-corrected chi connectivity index (χ3v) is 6.20. The van der Waals surface area contributed by atoms with Crippen molar-refractivity contribution in [1.29, 1.82) is 0 Å². The number of halogens is 4. The molecule has 203 valence electrons. The number of nitrogens with zero attached hydrogens (tertiary/aromatic N) is 3. The summed E-state index contributed by atoms with van der Waals surface area (Å²) >= 11 is 3.15. The van der Waals surface area contributed by atoms with E-state index in [0.717, 1.165) is 5.56 Å². The third-order valence-electron chi connectivity index (χ3n) is 5.12. The average molecular weight is 616 g/mol. The Kier molecular flexibility index (Phi) is 10.1. The van der Waals surface area contributed by atoms with Crippen molar-refractivity contribution in [2.24, 2.45) is 0 Å². The predicted octanol–water partition coefficient (Wildman–Crippen LogP) is 5.11. The van der Waals surface area contributed by atoms with Crippen molar-refractivity contribution in [3.05, 3.63) is 64.4 Å². The van der Waals surface area contributed by atoms with Crippen molar-refractivity contribution in [2.45, 2.75) is 19.0 Å². The Bertz CT molecular complexity index is 1330. The van der Waals surface area contributed by atoms with Crippen LogP contribution in [0.25, 0.3) is 0 Å². The molecule has 0 aliphatic heterocycles. The number of aromatic nitrogens is 3. The van der Waals surface area contributed by atoms with Crippen LogP contribution in [0.2, 0.25) is 0 Å². The van der Waals surface area contributed by atoms with Crippen molar-refractivity contribution in [2.75, 3.05) is 31.0 Å². The second-order valence-corrected chi connectivity index (χ2v) is 9.78. The maximum absolute atomic E-state index is 13.7. The predicted molar refractivity (Wildman–Crippen MR) is 141 cm³/mol. The molecule has 0 aliphatic carbocycles.